The predicted octanol–water partition coefficient (Wildman–Crippen LogP) is 6.67. The van der Waals surface area contributed by atoms with Crippen LogP contribution in [0.5, 0.6) is 11.5 Å². The van der Waals surface area contributed by atoms with Crippen LogP contribution in [0.25, 0.3) is 0 Å². The molecule has 0 spiro atoms. The number of para-hydroxylation sites is 1. The molecule has 0 fully saturated rings. The van der Waals surface area contributed by atoms with Crippen molar-refractivity contribution in [2.24, 2.45) is 0 Å². The van der Waals surface area contributed by atoms with Crippen LogP contribution >= 0.6 is 35.6 Å². The first-order valence-corrected chi connectivity index (χ1v) is 9.68. The van der Waals surface area contributed by atoms with Crippen LogP contribution in [-0.2, 0) is 13.2 Å². The zero-order valence-electron chi connectivity index (χ0n) is 16.3. The minimum atomic E-state index is 0. The first kappa shape index (κ1) is 23.9. The lowest BCUT2D eigenvalue weighted by atomic mass is 10.0. The summed E-state index contributed by atoms with van der Waals surface area (Å²) in [5.41, 5.74) is 2.00. The Morgan fingerprint density at radius 2 is 1.74 bits per heavy atom. The molecule has 0 atom stereocenters. The third kappa shape index (κ3) is 7.08. The highest BCUT2D eigenvalue weighted by molar-refractivity contribution is 6.35. The third-order valence-corrected chi connectivity index (χ3v) is 4.98. The fraction of sp³-hybridized carbons (Fsp3) is 0.429. The molecule has 2 aromatic rings. The highest BCUT2D eigenvalue weighted by Crippen LogP contribution is 2.33. The summed E-state index contributed by atoms with van der Waals surface area (Å²) >= 11 is 12.2. The summed E-state index contributed by atoms with van der Waals surface area (Å²) in [6.07, 6.45) is 1.04. The van der Waals surface area contributed by atoms with Crippen molar-refractivity contribution in [3.8, 4) is 11.5 Å². The van der Waals surface area contributed by atoms with Crippen LogP contribution in [-0.4, -0.2) is 12.1 Å². The molecule has 6 heteroatoms. The second kappa shape index (κ2) is 11.0. The molecule has 0 amide bonds. The molecule has 0 heterocycles. The van der Waals surface area contributed by atoms with Gasteiger partial charge in [-0.05, 0) is 45.4 Å². The second-order valence-corrected chi connectivity index (χ2v) is 7.64. The van der Waals surface area contributed by atoms with Crippen molar-refractivity contribution in [2.75, 3.05) is 6.61 Å². The van der Waals surface area contributed by atoms with Gasteiger partial charge in [0.1, 0.15) is 6.61 Å². The predicted molar refractivity (Wildman–Crippen MR) is 117 cm³/mol. The van der Waals surface area contributed by atoms with Gasteiger partial charge < -0.3 is 14.8 Å². The first-order valence-electron chi connectivity index (χ1n) is 8.92. The molecule has 0 radical (unpaired) electrons. The van der Waals surface area contributed by atoms with E-state index in [1.54, 1.807) is 6.07 Å². The minimum Gasteiger partial charge on any atom is -0.490 e. The summed E-state index contributed by atoms with van der Waals surface area (Å²) in [4.78, 5) is 0. The highest BCUT2D eigenvalue weighted by Gasteiger charge is 2.17. The SMILES string of the molecule is CCOc1cccc(CNC(C)(C)CC)c1OCc1ccc(Cl)cc1Cl.Cl. The number of nitrogens with one attached hydrogen (secondary N) is 1. The summed E-state index contributed by atoms with van der Waals surface area (Å²) in [6, 6.07) is 11.4. The number of hydrogen-bond donors (Lipinski definition) is 1. The van der Waals surface area contributed by atoms with Crippen molar-refractivity contribution in [3.05, 3.63) is 57.6 Å². The van der Waals surface area contributed by atoms with Gasteiger partial charge in [0.25, 0.3) is 0 Å². The molecular formula is C21H28Cl3NO2. The Morgan fingerprint density at radius 1 is 1.00 bits per heavy atom. The van der Waals surface area contributed by atoms with E-state index in [0.717, 1.165) is 29.0 Å². The van der Waals surface area contributed by atoms with Gasteiger partial charge in [0.15, 0.2) is 11.5 Å². The molecule has 0 aromatic heterocycles. The van der Waals surface area contributed by atoms with Gasteiger partial charge in [-0.1, -0.05) is 48.3 Å². The largest absolute Gasteiger partial charge is 0.490 e. The zero-order chi connectivity index (χ0) is 19.2. The third-order valence-electron chi connectivity index (χ3n) is 4.39. The van der Waals surface area contributed by atoms with Gasteiger partial charge in [-0.2, -0.15) is 0 Å². The standard InChI is InChI=1S/C21H27Cl2NO2.ClH/c1-5-21(3,4)24-13-15-8-7-9-19(25-6-2)20(15)26-14-16-10-11-17(22)12-18(16)23;/h7-12,24H,5-6,13-14H2,1-4H3;1H. The average molecular weight is 433 g/mol. The van der Waals surface area contributed by atoms with Crippen LogP contribution in [0.3, 0.4) is 0 Å². The number of hydrogen-bond acceptors (Lipinski definition) is 3. The average Bonchev–Trinajstić information content (AvgIpc) is 2.60. The van der Waals surface area contributed by atoms with Crippen molar-refractivity contribution < 1.29 is 9.47 Å². The van der Waals surface area contributed by atoms with E-state index in [1.165, 1.54) is 0 Å². The van der Waals surface area contributed by atoms with Crippen molar-refractivity contribution in [2.45, 2.75) is 52.8 Å². The number of ether oxygens (including phenoxy) is 2. The molecule has 150 valence electrons. The van der Waals surface area contributed by atoms with E-state index >= 15 is 0 Å². The van der Waals surface area contributed by atoms with Gasteiger partial charge >= 0.3 is 0 Å². The van der Waals surface area contributed by atoms with E-state index in [-0.39, 0.29) is 17.9 Å². The van der Waals surface area contributed by atoms with E-state index < -0.39 is 0 Å². The maximum atomic E-state index is 6.27. The Morgan fingerprint density at radius 3 is 2.37 bits per heavy atom. The molecule has 0 bridgehead atoms. The Hall–Kier alpha value is -1.13. The molecule has 0 aliphatic carbocycles. The summed E-state index contributed by atoms with van der Waals surface area (Å²) in [6.45, 7) is 10.1. The summed E-state index contributed by atoms with van der Waals surface area (Å²) < 4.78 is 11.9. The van der Waals surface area contributed by atoms with Crippen LogP contribution in [0.4, 0.5) is 0 Å². The van der Waals surface area contributed by atoms with E-state index in [9.17, 15) is 0 Å². The van der Waals surface area contributed by atoms with E-state index in [4.69, 9.17) is 32.7 Å². The molecule has 0 saturated heterocycles. The van der Waals surface area contributed by atoms with Crippen LogP contribution in [0.1, 0.15) is 45.2 Å². The Balaban J connectivity index is 0.00000364. The van der Waals surface area contributed by atoms with Crippen molar-refractivity contribution in [3.63, 3.8) is 0 Å². The van der Waals surface area contributed by atoms with Gasteiger partial charge in [0, 0.05) is 33.3 Å². The van der Waals surface area contributed by atoms with Crippen molar-refractivity contribution >= 4 is 35.6 Å². The van der Waals surface area contributed by atoms with Crippen molar-refractivity contribution in [1.82, 2.24) is 5.32 Å². The van der Waals surface area contributed by atoms with Gasteiger partial charge in [-0.25, -0.2) is 0 Å². The van der Waals surface area contributed by atoms with E-state index in [1.807, 2.05) is 31.2 Å². The van der Waals surface area contributed by atoms with Gasteiger partial charge in [0.05, 0.1) is 6.61 Å². The maximum absolute atomic E-state index is 6.27. The molecule has 0 saturated carbocycles. The smallest absolute Gasteiger partial charge is 0.166 e. The van der Waals surface area contributed by atoms with Crippen LogP contribution in [0.15, 0.2) is 36.4 Å². The normalized spacial score (nSPS) is 11.0. The highest BCUT2D eigenvalue weighted by atomic mass is 35.5. The fourth-order valence-electron chi connectivity index (χ4n) is 2.38. The Bertz CT molecular complexity index is 735. The Kier molecular flexibility index (Phi) is 9.75. The molecule has 2 rings (SSSR count). The lowest BCUT2D eigenvalue weighted by Gasteiger charge is -2.25. The number of rotatable bonds is 9. The summed E-state index contributed by atoms with van der Waals surface area (Å²) in [7, 11) is 0. The van der Waals surface area contributed by atoms with E-state index in [0.29, 0.717) is 29.8 Å². The number of benzene rings is 2. The molecule has 3 nitrogen and oxygen atoms in total. The number of halogens is 3. The zero-order valence-corrected chi connectivity index (χ0v) is 18.6. The van der Waals surface area contributed by atoms with Crippen LogP contribution < -0.4 is 14.8 Å². The van der Waals surface area contributed by atoms with Crippen LogP contribution in [0.2, 0.25) is 10.0 Å². The molecule has 0 aliphatic rings. The molecular weight excluding hydrogens is 405 g/mol. The maximum Gasteiger partial charge on any atom is 0.166 e. The lowest BCUT2D eigenvalue weighted by molar-refractivity contribution is 0.264. The molecule has 2 aromatic carbocycles. The van der Waals surface area contributed by atoms with Gasteiger partial charge in [0.2, 0.25) is 0 Å². The van der Waals surface area contributed by atoms with E-state index in [2.05, 4.69) is 32.2 Å². The first-order chi connectivity index (χ1) is 12.4. The second-order valence-electron chi connectivity index (χ2n) is 6.79. The van der Waals surface area contributed by atoms with Gasteiger partial charge in [-0.15, -0.1) is 12.4 Å². The van der Waals surface area contributed by atoms with Gasteiger partial charge in [-0.3, -0.25) is 0 Å². The monoisotopic (exact) mass is 431 g/mol. The molecule has 27 heavy (non-hydrogen) atoms. The molecule has 0 aliphatic heterocycles. The fourth-order valence-corrected chi connectivity index (χ4v) is 2.84. The summed E-state index contributed by atoms with van der Waals surface area (Å²) in [5.74, 6) is 1.49. The van der Waals surface area contributed by atoms with Crippen LogP contribution in [0, 0.1) is 0 Å². The topological polar surface area (TPSA) is 30.5 Å². The molecule has 0 unspecified atom stereocenters. The minimum absolute atomic E-state index is 0. The van der Waals surface area contributed by atoms with Crippen molar-refractivity contribution in [1.29, 1.82) is 0 Å². The quantitative estimate of drug-likeness (QED) is 0.480. The lowest BCUT2D eigenvalue weighted by Crippen LogP contribution is -2.37. The summed E-state index contributed by atoms with van der Waals surface area (Å²) in [5, 5.41) is 4.78. The molecule has 1 N–H and O–H groups in total. The Labute approximate surface area is 178 Å².